The van der Waals surface area contributed by atoms with Gasteiger partial charge in [0.05, 0.1) is 0 Å². The molecular weight excluding hydrogens is 213 g/mol. The topological polar surface area (TPSA) is 43.7 Å². The molecular formula is C13H20BNO2. The summed E-state index contributed by atoms with van der Waals surface area (Å²) in [4.78, 5) is 2.37. The molecule has 0 bridgehead atoms. The Morgan fingerprint density at radius 1 is 1.29 bits per heavy atom. The van der Waals surface area contributed by atoms with Crippen molar-refractivity contribution in [3.8, 4) is 0 Å². The quantitative estimate of drug-likeness (QED) is 0.754. The average Bonchev–Trinajstić information content (AvgIpc) is 2.82. The molecule has 1 aromatic rings. The molecule has 0 amide bonds. The molecule has 1 aromatic carbocycles. The maximum Gasteiger partial charge on any atom is 0.488 e. The lowest BCUT2D eigenvalue weighted by Gasteiger charge is -2.24. The van der Waals surface area contributed by atoms with Gasteiger partial charge >= 0.3 is 7.12 Å². The fraction of sp³-hybridized carbons (Fsp3) is 0.538. The Morgan fingerprint density at radius 2 is 2.00 bits per heavy atom. The van der Waals surface area contributed by atoms with E-state index in [-0.39, 0.29) is 0 Å². The van der Waals surface area contributed by atoms with E-state index >= 15 is 0 Å². The van der Waals surface area contributed by atoms with Gasteiger partial charge in [-0.1, -0.05) is 37.1 Å². The van der Waals surface area contributed by atoms with Crippen LogP contribution in [0.2, 0.25) is 0 Å². The van der Waals surface area contributed by atoms with E-state index < -0.39 is 7.12 Å². The van der Waals surface area contributed by atoms with Crippen molar-refractivity contribution in [3.05, 3.63) is 29.8 Å². The highest BCUT2D eigenvalue weighted by Gasteiger charge is 2.19. The summed E-state index contributed by atoms with van der Waals surface area (Å²) in [6.45, 7) is 0.880. The molecule has 4 heteroatoms. The van der Waals surface area contributed by atoms with Crippen LogP contribution in [0.3, 0.4) is 0 Å². The first-order chi connectivity index (χ1) is 8.16. The number of hydrogen-bond donors (Lipinski definition) is 2. The van der Waals surface area contributed by atoms with E-state index in [1.807, 2.05) is 18.2 Å². The third-order valence-electron chi connectivity index (χ3n) is 3.63. The monoisotopic (exact) mass is 233 g/mol. The van der Waals surface area contributed by atoms with Gasteiger partial charge in [0.2, 0.25) is 0 Å². The lowest BCUT2D eigenvalue weighted by atomic mass is 9.79. The molecule has 0 aromatic heterocycles. The van der Waals surface area contributed by atoms with Crippen LogP contribution in [0.5, 0.6) is 0 Å². The minimum absolute atomic E-state index is 0.572. The van der Waals surface area contributed by atoms with Crippen molar-refractivity contribution in [1.82, 2.24) is 4.90 Å². The van der Waals surface area contributed by atoms with Gasteiger partial charge in [-0.3, -0.25) is 4.90 Å². The standard InChI is InChI=1S/C13H20BNO2/c1-15(13-7-2-3-8-13)10-11-5-4-6-12(9-11)14(16)17/h4-6,9,13,16-17H,2-3,7-8,10H2,1H3. The van der Waals surface area contributed by atoms with E-state index in [1.54, 1.807) is 6.07 Å². The van der Waals surface area contributed by atoms with E-state index in [0.717, 1.165) is 12.1 Å². The van der Waals surface area contributed by atoms with Crippen molar-refractivity contribution in [3.63, 3.8) is 0 Å². The Labute approximate surface area is 103 Å². The molecule has 0 aliphatic heterocycles. The third-order valence-corrected chi connectivity index (χ3v) is 3.63. The smallest absolute Gasteiger partial charge is 0.423 e. The first kappa shape index (κ1) is 12.6. The molecule has 0 radical (unpaired) electrons. The number of nitrogens with zero attached hydrogens (tertiary/aromatic N) is 1. The van der Waals surface area contributed by atoms with E-state index in [4.69, 9.17) is 10.0 Å². The molecule has 1 saturated carbocycles. The molecule has 1 fully saturated rings. The fourth-order valence-electron chi connectivity index (χ4n) is 2.61. The Hall–Kier alpha value is -0.835. The second-order valence-electron chi connectivity index (χ2n) is 4.97. The van der Waals surface area contributed by atoms with Crippen LogP contribution in [0.25, 0.3) is 0 Å². The predicted molar refractivity (Wildman–Crippen MR) is 70.0 cm³/mol. The summed E-state index contributed by atoms with van der Waals surface area (Å²) in [5.41, 5.74) is 1.72. The summed E-state index contributed by atoms with van der Waals surface area (Å²) in [6.07, 6.45) is 5.26. The van der Waals surface area contributed by atoms with Gasteiger partial charge < -0.3 is 10.0 Å². The van der Waals surface area contributed by atoms with Crippen molar-refractivity contribution in [2.45, 2.75) is 38.3 Å². The summed E-state index contributed by atoms with van der Waals surface area (Å²) in [5, 5.41) is 18.3. The third kappa shape index (κ3) is 3.31. The Kier molecular flexibility index (Phi) is 4.21. The van der Waals surface area contributed by atoms with Crippen molar-refractivity contribution in [2.75, 3.05) is 7.05 Å². The molecule has 17 heavy (non-hydrogen) atoms. The van der Waals surface area contributed by atoms with Crippen LogP contribution in [-0.2, 0) is 6.54 Å². The first-order valence-corrected chi connectivity index (χ1v) is 6.32. The van der Waals surface area contributed by atoms with Gasteiger partial charge in [0, 0.05) is 12.6 Å². The summed E-state index contributed by atoms with van der Waals surface area (Å²) in [5.74, 6) is 0. The molecule has 92 valence electrons. The molecule has 2 rings (SSSR count). The van der Waals surface area contributed by atoms with Gasteiger partial charge in [-0.15, -0.1) is 0 Å². The molecule has 0 unspecified atom stereocenters. The zero-order valence-corrected chi connectivity index (χ0v) is 10.3. The SMILES string of the molecule is CN(Cc1cccc(B(O)O)c1)C1CCCC1. The van der Waals surface area contributed by atoms with Gasteiger partial charge in [0.25, 0.3) is 0 Å². The van der Waals surface area contributed by atoms with Gasteiger partial charge in [-0.25, -0.2) is 0 Å². The highest BCUT2D eigenvalue weighted by atomic mass is 16.4. The molecule has 3 nitrogen and oxygen atoms in total. The average molecular weight is 233 g/mol. The highest BCUT2D eigenvalue weighted by Crippen LogP contribution is 2.23. The van der Waals surface area contributed by atoms with Gasteiger partial charge in [0.1, 0.15) is 0 Å². The molecule has 0 heterocycles. The van der Waals surface area contributed by atoms with Crippen LogP contribution in [-0.4, -0.2) is 35.2 Å². The van der Waals surface area contributed by atoms with Crippen LogP contribution in [0.4, 0.5) is 0 Å². The van der Waals surface area contributed by atoms with Crippen molar-refractivity contribution in [2.24, 2.45) is 0 Å². The molecule has 2 N–H and O–H groups in total. The zero-order chi connectivity index (χ0) is 12.3. The second kappa shape index (κ2) is 5.67. The summed E-state index contributed by atoms with van der Waals surface area (Å²) >= 11 is 0. The van der Waals surface area contributed by atoms with Crippen LogP contribution >= 0.6 is 0 Å². The minimum Gasteiger partial charge on any atom is -0.423 e. The normalized spacial score (nSPS) is 16.7. The predicted octanol–water partition coefficient (Wildman–Crippen LogP) is 0.741. The Bertz CT molecular complexity index is 364. The number of benzene rings is 1. The lowest BCUT2D eigenvalue weighted by molar-refractivity contribution is 0.237. The van der Waals surface area contributed by atoms with E-state index in [9.17, 15) is 0 Å². The lowest BCUT2D eigenvalue weighted by Crippen LogP contribution is -2.32. The maximum absolute atomic E-state index is 9.14. The summed E-state index contributed by atoms with van der Waals surface area (Å²) in [6, 6.07) is 8.22. The molecule has 0 atom stereocenters. The van der Waals surface area contributed by atoms with Crippen LogP contribution in [0.15, 0.2) is 24.3 Å². The van der Waals surface area contributed by atoms with Gasteiger partial charge in [-0.2, -0.15) is 0 Å². The second-order valence-corrected chi connectivity index (χ2v) is 4.97. The Morgan fingerprint density at radius 3 is 2.65 bits per heavy atom. The van der Waals surface area contributed by atoms with Crippen LogP contribution in [0, 0.1) is 0 Å². The van der Waals surface area contributed by atoms with Gasteiger partial charge in [0.15, 0.2) is 0 Å². The van der Waals surface area contributed by atoms with E-state index in [0.29, 0.717) is 11.5 Å². The molecule has 1 aliphatic carbocycles. The largest absolute Gasteiger partial charge is 0.488 e. The van der Waals surface area contributed by atoms with Crippen molar-refractivity contribution >= 4 is 12.6 Å². The number of hydrogen-bond acceptors (Lipinski definition) is 3. The van der Waals surface area contributed by atoms with Crippen LogP contribution < -0.4 is 5.46 Å². The van der Waals surface area contributed by atoms with Crippen LogP contribution in [0.1, 0.15) is 31.2 Å². The fourth-order valence-corrected chi connectivity index (χ4v) is 2.61. The zero-order valence-electron chi connectivity index (χ0n) is 10.3. The molecule has 1 aliphatic rings. The van der Waals surface area contributed by atoms with Gasteiger partial charge in [-0.05, 0) is 30.9 Å². The number of rotatable bonds is 4. The van der Waals surface area contributed by atoms with E-state index in [1.165, 1.54) is 25.7 Å². The molecule has 0 saturated heterocycles. The first-order valence-electron chi connectivity index (χ1n) is 6.32. The maximum atomic E-state index is 9.14. The summed E-state index contributed by atoms with van der Waals surface area (Å²) < 4.78 is 0. The molecule has 0 spiro atoms. The Balaban J connectivity index is 1.99. The summed E-state index contributed by atoms with van der Waals surface area (Å²) in [7, 11) is 0.782. The minimum atomic E-state index is -1.37. The van der Waals surface area contributed by atoms with Crippen molar-refractivity contribution < 1.29 is 10.0 Å². The highest BCUT2D eigenvalue weighted by molar-refractivity contribution is 6.58. The van der Waals surface area contributed by atoms with Crippen molar-refractivity contribution in [1.29, 1.82) is 0 Å². The van der Waals surface area contributed by atoms with E-state index in [2.05, 4.69) is 11.9 Å².